The van der Waals surface area contributed by atoms with Crippen LogP contribution in [0.3, 0.4) is 0 Å². The van der Waals surface area contributed by atoms with Crippen LogP contribution in [-0.2, 0) is 11.3 Å². The van der Waals surface area contributed by atoms with Gasteiger partial charge in [0.05, 0.1) is 45.8 Å². The molecule has 3 aromatic rings. The second-order valence-electron chi connectivity index (χ2n) is 12.2. The van der Waals surface area contributed by atoms with Crippen molar-refractivity contribution in [2.24, 2.45) is 32.4 Å². The number of halogens is 2. The maximum absolute atomic E-state index is 11.4. The van der Waals surface area contributed by atoms with Gasteiger partial charge < -0.3 is 31.6 Å². The number of hydrogen-bond acceptors (Lipinski definition) is 13. The topological polar surface area (TPSA) is 194 Å². The van der Waals surface area contributed by atoms with E-state index in [0.717, 1.165) is 21.7 Å². The third-order valence-corrected chi connectivity index (χ3v) is 9.77. The van der Waals surface area contributed by atoms with Crippen LogP contribution in [0.25, 0.3) is 22.4 Å². The van der Waals surface area contributed by atoms with Crippen LogP contribution in [-0.4, -0.2) is 71.2 Å². The summed E-state index contributed by atoms with van der Waals surface area (Å²) < 4.78 is 5.70. The number of carbonyl (C=O) groups excluding carboxylic acids is 1. The standard InChI is InChI=1S/C35H41Cl2N11O2S/c1-21(49)12-13-35(39)19-48(20-35)18-23-10-11-27(45-34(23)50-3)26-8-4-6-24(31(26)36)25-7-5-9-28(32(25)37)44-33-22(2)43-30(51-15-14-42-33)17-41-16-29(38)46-47-40/h4-11,14-15,41,47H,2,12-13,16-20,39-40H2,1,3H3,(H2,38,46)(H,42,44)/b15-14-,43-30-. The van der Waals surface area contributed by atoms with Crippen molar-refractivity contribution in [2.75, 3.05) is 38.6 Å². The Morgan fingerprint density at radius 3 is 2.57 bits per heavy atom. The lowest BCUT2D eigenvalue weighted by Crippen LogP contribution is -2.66. The Morgan fingerprint density at radius 1 is 1.12 bits per heavy atom. The SMILES string of the molecule is C=C1/N=C(/CNC/C(N)=N/NN)S/C=C\N=C/1Nc1cccc(-c2cccc(-c3ccc(CN4CC(N)(CCC(C)=O)C4)c(OC)n3)c2Cl)c1Cl. The molecule has 0 saturated carbocycles. The third-order valence-electron chi connectivity index (χ3n) is 8.19. The summed E-state index contributed by atoms with van der Waals surface area (Å²) in [6, 6.07) is 15.3. The van der Waals surface area contributed by atoms with Crippen LogP contribution < -0.4 is 38.2 Å². The number of methoxy groups -OCH3 is 1. The first kappa shape index (κ1) is 38.0. The third kappa shape index (κ3) is 9.74. The highest BCUT2D eigenvalue weighted by Crippen LogP contribution is 2.42. The van der Waals surface area contributed by atoms with E-state index in [0.29, 0.717) is 95.8 Å². The number of likely N-dealkylation sites (tertiary alicyclic amines) is 1. The van der Waals surface area contributed by atoms with Gasteiger partial charge in [-0.05, 0) is 30.9 Å². The van der Waals surface area contributed by atoms with Crippen LogP contribution in [0.1, 0.15) is 25.3 Å². The van der Waals surface area contributed by atoms with E-state index in [1.807, 2.05) is 53.9 Å². The van der Waals surface area contributed by atoms with Gasteiger partial charge in [0.25, 0.3) is 0 Å². The number of aromatic nitrogens is 1. The molecule has 0 unspecified atom stereocenters. The highest BCUT2D eigenvalue weighted by atomic mass is 35.5. The molecule has 1 fully saturated rings. The average Bonchev–Trinajstić information content (AvgIpc) is 3.08. The van der Waals surface area contributed by atoms with Crippen molar-refractivity contribution in [1.82, 2.24) is 20.7 Å². The summed E-state index contributed by atoms with van der Waals surface area (Å²) >= 11 is 15.5. The summed E-state index contributed by atoms with van der Waals surface area (Å²) in [6.07, 6.45) is 2.84. The summed E-state index contributed by atoms with van der Waals surface area (Å²) in [4.78, 5) is 27.6. The molecule has 0 atom stereocenters. The highest BCUT2D eigenvalue weighted by molar-refractivity contribution is 8.16. The smallest absolute Gasteiger partial charge is 0.218 e. The number of aliphatic imine (C=N–C) groups is 2. The number of nitrogens with two attached hydrogens (primary N) is 3. The number of anilines is 1. The molecule has 1 saturated heterocycles. The molecule has 268 valence electrons. The predicted molar refractivity (Wildman–Crippen MR) is 210 cm³/mol. The average molecular weight is 751 g/mol. The second-order valence-corrected chi connectivity index (χ2v) is 13.9. The molecule has 9 N–H and O–H groups in total. The van der Waals surface area contributed by atoms with Gasteiger partial charge in [0.2, 0.25) is 5.88 Å². The van der Waals surface area contributed by atoms with Crippen LogP contribution in [0.15, 0.2) is 87.5 Å². The van der Waals surface area contributed by atoms with E-state index < -0.39 is 0 Å². The minimum atomic E-state index is -0.342. The molecule has 13 nitrogen and oxygen atoms in total. The van der Waals surface area contributed by atoms with Crippen molar-refractivity contribution >= 4 is 63.1 Å². The Labute approximate surface area is 311 Å². The highest BCUT2D eigenvalue weighted by Gasteiger charge is 2.39. The predicted octanol–water partition coefficient (Wildman–Crippen LogP) is 4.88. The Bertz CT molecular complexity index is 1910. The molecule has 2 aromatic carbocycles. The first-order valence-corrected chi connectivity index (χ1v) is 17.7. The molecule has 0 bridgehead atoms. The van der Waals surface area contributed by atoms with E-state index >= 15 is 0 Å². The summed E-state index contributed by atoms with van der Waals surface area (Å²) in [5.74, 6) is 6.57. The number of hydrogen-bond donors (Lipinski definition) is 6. The lowest BCUT2D eigenvalue weighted by Gasteiger charge is -2.48. The number of rotatable bonds is 14. The molecule has 0 radical (unpaired) electrons. The van der Waals surface area contributed by atoms with Gasteiger partial charge in [0.15, 0.2) is 5.84 Å². The normalized spacial score (nSPS) is 18.7. The zero-order chi connectivity index (χ0) is 36.5. The summed E-state index contributed by atoms with van der Waals surface area (Å²) in [7, 11) is 1.60. The number of carbonyl (C=O) groups is 1. The molecule has 1 aromatic heterocycles. The monoisotopic (exact) mass is 749 g/mol. The molecular weight excluding hydrogens is 709 g/mol. The Hall–Kier alpha value is -4.28. The maximum atomic E-state index is 11.4. The molecule has 51 heavy (non-hydrogen) atoms. The number of pyridine rings is 1. The molecule has 0 spiro atoms. The fourth-order valence-electron chi connectivity index (χ4n) is 5.72. The Morgan fingerprint density at radius 2 is 1.84 bits per heavy atom. The number of thioether (sulfide) groups is 1. The van der Waals surface area contributed by atoms with Gasteiger partial charge in [-0.25, -0.2) is 26.3 Å². The fourth-order valence-corrected chi connectivity index (χ4v) is 6.95. The zero-order valence-electron chi connectivity index (χ0n) is 28.4. The van der Waals surface area contributed by atoms with E-state index in [9.17, 15) is 4.79 Å². The number of ketones is 1. The summed E-state index contributed by atoms with van der Waals surface area (Å²) in [5.41, 5.74) is 18.8. The summed E-state index contributed by atoms with van der Waals surface area (Å²) in [5, 5.41) is 13.7. The van der Waals surface area contributed by atoms with Gasteiger partial charge in [0, 0.05) is 66.6 Å². The largest absolute Gasteiger partial charge is 0.481 e. The van der Waals surface area contributed by atoms with Crippen LogP contribution in [0.5, 0.6) is 5.88 Å². The van der Waals surface area contributed by atoms with E-state index in [1.54, 1.807) is 20.2 Å². The minimum Gasteiger partial charge on any atom is -0.481 e. The lowest BCUT2D eigenvalue weighted by atomic mass is 9.85. The number of nitrogens with zero attached hydrogens (tertiary/aromatic N) is 5. The van der Waals surface area contributed by atoms with Gasteiger partial charge in [-0.3, -0.25) is 4.90 Å². The molecule has 0 amide bonds. The number of hydrazone groups is 1. The number of hydrazine groups is 1. The number of nitrogens with one attached hydrogen (secondary N) is 3. The van der Waals surface area contributed by atoms with Crippen molar-refractivity contribution in [3.8, 4) is 28.3 Å². The Kier molecular flexibility index (Phi) is 12.9. The van der Waals surface area contributed by atoms with Crippen LogP contribution >= 0.6 is 35.0 Å². The molecule has 16 heteroatoms. The van der Waals surface area contributed by atoms with Gasteiger partial charge in [-0.1, -0.05) is 77.9 Å². The van der Waals surface area contributed by atoms with Gasteiger partial charge >= 0.3 is 0 Å². The van der Waals surface area contributed by atoms with Crippen molar-refractivity contribution in [2.45, 2.75) is 31.8 Å². The van der Waals surface area contributed by atoms with Gasteiger partial charge in [0.1, 0.15) is 11.6 Å². The second kappa shape index (κ2) is 17.3. The van der Waals surface area contributed by atoms with Gasteiger partial charge in [-0.15, -0.1) is 0 Å². The Balaban J connectivity index is 1.32. The van der Waals surface area contributed by atoms with E-state index in [2.05, 4.69) is 42.7 Å². The molecule has 3 heterocycles. The first-order chi connectivity index (χ1) is 24.5. The van der Waals surface area contributed by atoms with Gasteiger partial charge in [-0.2, -0.15) is 5.10 Å². The van der Waals surface area contributed by atoms with Crippen molar-refractivity contribution in [1.29, 1.82) is 0 Å². The van der Waals surface area contributed by atoms with Crippen LogP contribution in [0.4, 0.5) is 5.69 Å². The molecular formula is C35H41Cl2N11O2S. The number of amidine groups is 2. The van der Waals surface area contributed by atoms with E-state index in [-0.39, 0.29) is 11.3 Å². The van der Waals surface area contributed by atoms with Crippen LogP contribution in [0.2, 0.25) is 10.0 Å². The number of ether oxygens (including phenoxy) is 1. The molecule has 0 aliphatic carbocycles. The lowest BCUT2D eigenvalue weighted by molar-refractivity contribution is -0.117. The van der Waals surface area contributed by atoms with E-state index in [4.69, 9.17) is 50.2 Å². The van der Waals surface area contributed by atoms with Crippen molar-refractivity contribution < 1.29 is 9.53 Å². The number of benzene rings is 2. The quantitative estimate of drug-likeness (QED) is 0.0570. The molecule has 2 aliphatic heterocycles. The fraction of sp³-hybridized carbons (Fsp3) is 0.286. The molecule has 5 rings (SSSR count). The maximum Gasteiger partial charge on any atom is 0.218 e. The molecule has 2 aliphatic rings. The van der Waals surface area contributed by atoms with E-state index in [1.165, 1.54) is 11.8 Å². The van der Waals surface area contributed by atoms with Crippen molar-refractivity contribution in [3.63, 3.8) is 0 Å². The minimum absolute atomic E-state index is 0.155. The van der Waals surface area contributed by atoms with Crippen molar-refractivity contribution in [3.05, 3.63) is 88.0 Å². The number of Topliss-reactive ketones (excluding diaryl/α,β-unsaturated/α-hetero) is 1. The summed E-state index contributed by atoms with van der Waals surface area (Å²) in [6.45, 7) is 8.50. The zero-order valence-corrected chi connectivity index (χ0v) is 30.7. The first-order valence-electron chi connectivity index (χ1n) is 16.0. The van der Waals surface area contributed by atoms with Crippen LogP contribution in [0, 0.1) is 0 Å².